The smallest absolute Gasteiger partial charge is 0.357 e. The maximum absolute atomic E-state index is 12.6. The van der Waals surface area contributed by atoms with Crippen LogP contribution in [0.1, 0.15) is 23.5 Å². The maximum Gasteiger partial charge on any atom is 0.434 e. The molecule has 162 valence electrons. The Kier molecular flexibility index (Phi) is 8.85. The van der Waals surface area contributed by atoms with Crippen molar-refractivity contribution >= 4 is 52.9 Å². The largest absolute Gasteiger partial charge is 0.434 e. The van der Waals surface area contributed by atoms with Crippen LogP contribution in [0.4, 0.5) is 13.2 Å². The van der Waals surface area contributed by atoms with Gasteiger partial charge in [-0.25, -0.2) is 9.98 Å². The molecular formula is C17H17ClF3IN6OS. The molecule has 2 heterocycles. The average molecular weight is 573 g/mol. The van der Waals surface area contributed by atoms with Gasteiger partial charge in [0, 0.05) is 22.5 Å². The van der Waals surface area contributed by atoms with Gasteiger partial charge in [-0.3, -0.25) is 0 Å². The van der Waals surface area contributed by atoms with E-state index >= 15 is 0 Å². The van der Waals surface area contributed by atoms with Crippen LogP contribution >= 0.6 is 46.9 Å². The first-order chi connectivity index (χ1) is 13.8. The Labute approximate surface area is 196 Å². The van der Waals surface area contributed by atoms with E-state index < -0.39 is 11.9 Å². The summed E-state index contributed by atoms with van der Waals surface area (Å²) in [7, 11) is 0. The Hall–Kier alpha value is -1.93. The Morgan fingerprint density at radius 3 is 2.73 bits per heavy atom. The first-order valence-electron chi connectivity index (χ1n) is 8.47. The van der Waals surface area contributed by atoms with Gasteiger partial charge in [0.2, 0.25) is 11.7 Å². The van der Waals surface area contributed by atoms with Gasteiger partial charge < -0.3 is 15.2 Å². The lowest BCUT2D eigenvalue weighted by atomic mass is 10.2. The normalized spacial score (nSPS) is 11.8. The molecule has 0 aliphatic heterocycles. The summed E-state index contributed by atoms with van der Waals surface area (Å²) in [6, 6.07) is 7.04. The van der Waals surface area contributed by atoms with E-state index in [0.717, 1.165) is 16.7 Å². The molecule has 2 aromatic heterocycles. The summed E-state index contributed by atoms with van der Waals surface area (Å²) in [6.45, 7) is 2.63. The maximum atomic E-state index is 12.6. The first kappa shape index (κ1) is 24.3. The Morgan fingerprint density at radius 1 is 1.27 bits per heavy atom. The highest BCUT2D eigenvalue weighted by molar-refractivity contribution is 14.0. The van der Waals surface area contributed by atoms with Gasteiger partial charge in [-0.1, -0.05) is 28.9 Å². The molecule has 3 aromatic rings. The van der Waals surface area contributed by atoms with Crippen LogP contribution in [0.3, 0.4) is 0 Å². The number of alkyl halides is 3. The lowest BCUT2D eigenvalue weighted by Crippen LogP contribution is -2.36. The molecule has 0 fully saturated rings. The summed E-state index contributed by atoms with van der Waals surface area (Å²) >= 11 is 6.88. The third-order valence-corrected chi connectivity index (χ3v) is 4.60. The second kappa shape index (κ2) is 10.9. The van der Waals surface area contributed by atoms with Crippen LogP contribution in [-0.4, -0.2) is 27.6 Å². The van der Waals surface area contributed by atoms with Crippen LogP contribution in [0.25, 0.3) is 11.4 Å². The lowest BCUT2D eigenvalue weighted by Gasteiger charge is -2.09. The van der Waals surface area contributed by atoms with Crippen molar-refractivity contribution in [3.8, 4) is 11.4 Å². The van der Waals surface area contributed by atoms with Crippen molar-refractivity contribution in [2.75, 3.05) is 6.54 Å². The van der Waals surface area contributed by atoms with Gasteiger partial charge in [0.1, 0.15) is 11.6 Å². The molecule has 0 atom stereocenters. The third kappa shape index (κ3) is 6.80. The van der Waals surface area contributed by atoms with E-state index in [-0.39, 0.29) is 43.0 Å². The molecule has 7 nitrogen and oxygen atoms in total. The molecule has 13 heteroatoms. The van der Waals surface area contributed by atoms with E-state index in [9.17, 15) is 13.2 Å². The number of nitrogens with one attached hydrogen (secondary N) is 2. The van der Waals surface area contributed by atoms with Gasteiger partial charge in [0.25, 0.3) is 0 Å². The van der Waals surface area contributed by atoms with Crippen molar-refractivity contribution in [2.45, 2.75) is 26.2 Å². The van der Waals surface area contributed by atoms with E-state index in [1.807, 2.05) is 6.92 Å². The zero-order valence-electron chi connectivity index (χ0n) is 15.5. The van der Waals surface area contributed by atoms with Crippen molar-refractivity contribution in [1.82, 2.24) is 25.8 Å². The molecule has 30 heavy (non-hydrogen) atoms. The third-order valence-electron chi connectivity index (χ3n) is 3.52. The Balaban J connectivity index is 0.00000320. The minimum atomic E-state index is -4.45. The van der Waals surface area contributed by atoms with Gasteiger partial charge in [-0.05, 0) is 19.1 Å². The Bertz CT molecular complexity index is 994. The number of halogens is 5. The van der Waals surface area contributed by atoms with Crippen LogP contribution in [0, 0.1) is 0 Å². The van der Waals surface area contributed by atoms with Gasteiger partial charge in [-0.2, -0.15) is 18.2 Å². The summed E-state index contributed by atoms with van der Waals surface area (Å²) in [6.07, 6.45) is -4.45. The summed E-state index contributed by atoms with van der Waals surface area (Å²) in [5.74, 6) is 1.06. The minimum absolute atomic E-state index is 0. The van der Waals surface area contributed by atoms with Gasteiger partial charge in [0.15, 0.2) is 11.7 Å². The van der Waals surface area contributed by atoms with Crippen LogP contribution in [-0.2, 0) is 19.3 Å². The highest BCUT2D eigenvalue weighted by atomic mass is 127. The van der Waals surface area contributed by atoms with E-state index in [1.54, 1.807) is 24.3 Å². The zero-order chi connectivity index (χ0) is 20.9. The first-order valence-corrected chi connectivity index (χ1v) is 9.73. The van der Waals surface area contributed by atoms with Crippen LogP contribution in [0.15, 0.2) is 39.2 Å². The second-order valence-electron chi connectivity index (χ2n) is 5.70. The topological polar surface area (TPSA) is 88.2 Å². The number of guanidine groups is 1. The Morgan fingerprint density at radius 2 is 2.07 bits per heavy atom. The summed E-state index contributed by atoms with van der Waals surface area (Å²) in [5.41, 5.74) is -0.189. The van der Waals surface area contributed by atoms with Crippen LogP contribution < -0.4 is 10.6 Å². The quantitative estimate of drug-likeness (QED) is 0.252. The average Bonchev–Trinajstić information content (AvgIpc) is 3.33. The van der Waals surface area contributed by atoms with Crippen molar-refractivity contribution in [3.05, 3.63) is 51.3 Å². The lowest BCUT2D eigenvalue weighted by molar-refractivity contribution is -0.140. The second-order valence-corrected chi connectivity index (χ2v) is 7.07. The molecule has 1 aromatic carbocycles. The molecule has 0 amide bonds. The number of thiazole rings is 1. The van der Waals surface area contributed by atoms with E-state index in [2.05, 4.69) is 30.8 Å². The van der Waals surface area contributed by atoms with E-state index in [1.165, 1.54) is 0 Å². The number of aliphatic imine (C=N–C) groups is 1. The highest BCUT2D eigenvalue weighted by Crippen LogP contribution is 2.29. The number of rotatable bonds is 6. The number of benzene rings is 1. The SMILES string of the molecule is CCNC(=NCc1nc(-c2cccc(Cl)c2)no1)NCc1nc(C(F)(F)F)cs1.I. The number of nitrogens with zero attached hydrogens (tertiary/aromatic N) is 4. The van der Waals surface area contributed by atoms with E-state index in [0.29, 0.717) is 33.9 Å². The standard InChI is InChI=1S/C17H16ClF3N6OS.HI/c1-2-22-16(24-8-14-25-12(9-29-14)17(19,20)21)23-7-13-26-15(27-28-13)10-4-3-5-11(18)6-10;/h3-6,9H,2,7-8H2,1H3,(H2,22,23,24);1H. The minimum Gasteiger partial charge on any atom is -0.357 e. The van der Waals surface area contributed by atoms with Gasteiger partial charge in [0.05, 0.1) is 6.54 Å². The molecule has 0 aliphatic rings. The predicted octanol–water partition coefficient (Wildman–Crippen LogP) is 4.74. The fraction of sp³-hybridized carbons (Fsp3) is 0.294. The number of hydrogen-bond acceptors (Lipinski definition) is 6. The van der Waals surface area contributed by atoms with Crippen molar-refractivity contribution in [3.63, 3.8) is 0 Å². The van der Waals surface area contributed by atoms with Gasteiger partial charge >= 0.3 is 6.18 Å². The monoisotopic (exact) mass is 572 g/mol. The molecule has 0 spiro atoms. The number of hydrogen-bond donors (Lipinski definition) is 2. The van der Waals surface area contributed by atoms with Crippen molar-refractivity contribution < 1.29 is 17.7 Å². The molecule has 3 rings (SSSR count). The van der Waals surface area contributed by atoms with Crippen molar-refractivity contribution in [1.29, 1.82) is 0 Å². The molecule has 0 radical (unpaired) electrons. The molecule has 0 saturated carbocycles. The molecule has 0 saturated heterocycles. The molecule has 2 N–H and O–H groups in total. The summed E-state index contributed by atoms with van der Waals surface area (Å²) in [4.78, 5) is 12.1. The fourth-order valence-corrected chi connectivity index (χ4v) is 3.16. The zero-order valence-corrected chi connectivity index (χ0v) is 19.4. The van der Waals surface area contributed by atoms with E-state index in [4.69, 9.17) is 16.1 Å². The summed E-state index contributed by atoms with van der Waals surface area (Å²) < 4.78 is 43.1. The molecule has 0 aliphatic carbocycles. The molecule has 0 bridgehead atoms. The predicted molar refractivity (Wildman–Crippen MR) is 119 cm³/mol. The highest BCUT2D eigenvalue weighted by Gasteiger charge is 2.33. The fourth-order valence-electron chi connectivity index (χ4n) is 2.23. The molecular weight excluding hydrogens is 556 g/mol. The van der Waals surface area contributed by atoms with Crippen LogP contribution in [0.2, 0.25) is 5.02 Å². The van der Waals surface area contributed by atoms with Gasteiger partial charge in [-0.15, -0.1) is 35.3 Å². The summed E-state index contributed by atoms with van der Waals surface area (Å²) in [5, 5.41) is 11.7. The van der Waals surface area contributed by atoms with Crippen LogP contribution in [0.5, 0.6) is 0 Å². The number of aromatic nitrogens is 3. The molecule has 0 unspecified atom stereocenters. The van der Waals surface area contributed by atoms with Crippen molar-refractivity contribution in [2.24, 2.45) is 4.99 Å².